The number of aryl methyl sites for hydroxylation is 1. The van der Waals surface area contributed by atoms with Gasteiger partial charge < -0.3 is 15.2 Å². The number of aliphatic imine (C=N–C) groups is 1. The molecule has 2 N–H and O–H groups in total. The van der Waals surface area contributed by atoms with Gasteiger partial charge in [0.1, 0.15) is 6.54 Å². The van der Waals surface area contributed by atoms with Crippen LogP contribution in [0.5, 0.6) is 0 Å². The highest BCUT2D eigenvalue weighted by Gasteiger charge is 2.08. The Morgan fingerprint density at radius 3 is 2.79 bits per heavy atom. The average molecular weight is 516 g/mol. The van der Waals surface area contributed by atoms with Crippen LogP contribution in [0.25, 0.3) is 11.4 Å². The summed E-state index contributed by atoms with van der Waals surface area (Å²) in [6, 6.07) is 9.21. The van der Waals surface area contributed by atoms with Gasteiger partial charge in [0.2, 0.25) is 11.7 Å². The van der Waals surface area contributed by atoms with Crippen molar-refractivity contribution < 1.29 is 4.52 Å². The van der Waals surface area contributed by atoms with Crippen molar-refractivity contribution in [3.63, 3.8) is 0 Å². The SMILES string of the molecule is CCNC(=NCc1nc(-c2ccc(Cl)cc2)no1)NCCCn1cccn1.I. The van der Waals surface area contributed by atoms with Gasteiger partial charge in [0.05, 0.1) is 0 Å². The standard InChI is InChI=1S/C18H22ClN7O.HI/c1-2-20-18(21-9-3-11-26-12-4-10-23-26)22-13-16-24-17(25-27-16)14-5-7-15(19)8-6-14;/h4-8,10,12H,2-3,9,11,13H2,1H3,(H2,20,21,22);1H. The monoisotopic (exact) mass is 515 g/mol. The number of nitrogens with one attached hydrogen (secondary N) is 2. The van der Waals surface area contributed by atoms with Crippen molar-refractivity contribution in [2.75, 3.05) is 13.1 Å². The van der Waals surface area contributed by atoms with Gasteiger partial charge in [-0.05, 0) is 43.7 Å². The summed E-state index contributed by atoms with van der Waals surface area (Å²) in [5.74, 6) is 1.69. The third-order valence-corrected chi connectivity index (χ3v) is 3.95. The van der Waals surface area contributed by atoms with E-state index in [9.17, 15) is 0 Å². The van der Waals surface area contributed by atoms with Crippen LogP contribution in [-0.2, 0) is 13.1 Å². The summed E-state index contributed by atoms with van der Waals surface area (Å²) >= 11 is 5.90. The molecular weight excluding hydrogens is 493 g/mol. The molecule has 28 heavy (non-hydrogen) atoms. The Hall–Kier alpha value is -2.14. The lowest BCUT2D eigenvalue weighted by atomic mass is 10.2. The van der Waals surface area contributed by atoms with Crippen LogP contribution in [0.15, 0.2) is 52.2 Å². The first kappa shape index (κ1) is 22.2. The molecule has 0 aliphatic carbocycles. The third kappa shape index (κ3) is 6.79. The predicted octanol–water partition coefficient (Wildman–Crippen LogP) is 3.35. The van der Waals surface area contributed by atoms with E-state index in [-0.39, 0.29) is 24.0 Å². The number of rotatable bonds is 8. The van der Waals surface area contributed by atoms with Gasteiger partial charge in [0, 0.05) is 42.6 Å². The van der Waals surface area contributed by atoms with Crippen molar-refractivity contribution in [1.82, 2.24) is 30.6 Å². The van der Waals surface area contributed by atoms with Crippen molar-refractivity contribution in [3.8, 4) is 11.4 Å². The van der Waals surface area contributed by atoms with Gasteiger partial charge in [-0.2, -0.15) is 10.1 Å². The molecule has 3 aromatic rings. The van der Waals surface area contributed by atoms with Crippen LogP contribution in [0.1, 0.15) is 19.2 Å². The van der Waals surface area contributed by atoms with Gasteiger partial charge in [-0.25, -0.2) is 4.99 Å². The van der Waals surface area contributed by atoms with E-state index < -0.39 is 0 Å². The van der Waals surface area contributed by atoms with Crippen molar-refractivity contribution in [1.29, 1.82) is 0 Å². The molecule has 150 valence electrons. The van der Waals surface area contributed by atoms with Gasteiger partial charge in [0.15, 0.2) is 5.96 Å². The number of benzene rings is 1. The van der Waals surface area contributed by atoms with Crippen LogP contribution >= 0.6 is 35.6 Å². The van der Waals surface area contributed by atoms with Gasteiger partial charge in [-0.3, -0.25) is 4.68 Å². The lowest BCUT2D eigenvalue weighted by Gasteiger charge is -2.10. The first-order chi connectivity index (χ1) is 13.2. The number of halogens is 2. The summed E-state index contributed by atoms with van der Waals surface area (Å²) < 4.78 is 7.19. The molecule has 0 aliphatic rings. The van der Waals surface area contributed by atoms with E-state index in [0.717, 1.165) is 31.6 Å². The summed E-state index contributed by atoms with van der Waals surface area (Å²) in [7, 11) is 0. The Balaban J connectivity index is 0.00000280. The van der Waals surface area contributed by atoms with Crippen molar-refractivity contribution in [3.05, 3.63) is 53.6 Å². The number of guanidine groups is 1. The molecule has 0 atom stereocenters. The van der Waals surface area contributed by atoms with Crippen molar-refractivity contribution in [2.45, 2.75) is 26.4 Å². The van der Waals surface area contributed by atoms with Crippen LogP contribution in [0.2, 0.25) is 5.02 Å². The van der Waals surface area contributed by atoms with E-state index in [1.165, 1.54) is 0 Å². The zero-order valence-electron chi connectivity index (χ0n) is 15.5. The summed E-state index contributed by atoms with van der Waals surface area (Å²) in [6.07, 6.45) is 4.67. The normalized spacial score (nSPS) is 11.1. The largest absolute Gasteiger partial charge is 0.357 e. The average Bonchev–Trinajstić information content (AvgIpc) is 3.36. The van der Waals surface area contributed by atoms with Crippen LogP contribution in [0.3, 0.4) is 0 Å². The van der Waals surface area contributed by atoms with E-state index in [4.69, 9.17) is 16.1 Å². The van der Waals surface area contributed by atoms with Gasteiger partial charge in [-0.1, -0.05) is 16.8 Å². The fourth-order valence-electron chi connectivity index (χ4n) is 2.40. The molecule has 10 heteroatoms. The topological polar surface area (TPSA) is 93.2 Å². The molecular formula is C18H23ClIN7O. The molecule has 0 aliphatic heterocycles. The van der Waals surface area contributed by atoms with Crippen molar-refractivity contribution in [2.24, 2.45) is 4.99 Å². The summed E-state index contributed by atoms with van der Waals surface area (Å²) in [5, 5.41) is 15.3. The summed E-state index contributed by atoms with van der Waals surface area (Å²) in [4.78, 5) is 8.87. The van der Waals surface area contributed by atoms with Crippen LogP contribution in [0, 0.1) is 0 Å². The Labute approximate surface area is 185 Å². The Kier molecular flexibility index (Phi) is 9.21. The molecule has 3 rings (SSSR count). The predicted molar refractivity (Wildman–Crippen MR) is 120 cm³/mol. The first-order valence-corrected chi connectivity index (χ1v) is 9.20. The second-order valence-corrected chi connectivity index (χ2v) is 6.20. The lowest BCUT2D eigenvalue weighted by Crippen LogP contribution is -2.38. The van der Waals surface area contributed by atoms with Crippen molar-refractivity contribution >= 4 is 41.5 Å². The second kappa shape index (κ2) is 11.6. The number of aromatic nitrogens is 4. The number of nitrogens with zero attached hydrogens (tertiary/aromatic N) is 5. The molecule has 0 spiro atoms. The minimum absolute atomic E-state index is 0. The van der Waals surface area contributed by atoms with Gasteiger partial charge in [-0.15, -0.1) is 24.0 Å². The molecule has 8 nitrogen and oxygen atoms in total. The Bertz CT molecular complexity index is 849. The maximum absolute atomic E-state index is 5.90. The molecule has 0 bridgehead atoms. The summed E-state index contributed by atoms with van der Waals surface area (Å²) in [5.41, 5.74) is 0.849. The molecule has 0 amide bonds. The maximum Gasteiger partial charge on any atom is 0.248 e. The van der Waals surface area contributed by atoms with Gasteiger partial charge in [0.25, 0.3) is 0 Å². The fourth-order valence-corrected chi connectivity index (χ4v) is 2.53. The molecule has 2 heterocycles. The highest BCUT2D eigenvalue weighted by Crippen LogP contribution is 2.18. The molecule has 0 saturated heterocycles. The maximum atomic E-state index is 5.90. The first-order valence-electron chi connectivity index (χ1n) is 8.82. The number of hydrogen-bond donors (Lipinski definition) is 2. The highest BCUT2D eigenvalue weighted by atomic mass is 127. The smallest absolute Gasteiger partial charge is 0.248 e. The van der Waals surface area contributed by atoms with Crippen LogP contribution in [0.4, 0.5) is 0 Å². The second-order valence-electron chi connectivity index (χ2n) is 5.76. The minimum atomic E-state index is 0. The van der Waals surface area contributed by atoms with E-state index in [1.54, 1.807) is 18.3 Å². The third-order valence-electron chi connectivity index (χ3n) is 3.70. The molecule has 0 radical (unpaired) electrons. The molecule has 0 fully saturated rings. The van der Waals surface area contributed by atoms with E-state index in [1.807, 2.05) is 36.0 Å². The molecule has 1 aromatic carbocycles. The zero-order chi connectivity index (χ0) is 18.9. The number of hydrogen-bond acceptors (Lipinski definition) is 5. The zero-order valence-corrected chi connectivity index (χ0v) is 18.6. The highest BCUT2D eigenvalue weighted by molar-refractivity contribution is 14.0. The van der Waals surface area contributed by atoms with Crippen LogP contribution in [-0.4, -0.2) is 39.0 Å². The minimum Gasteiger partial charge on any atom is -0.357 e. The Morgan fingerprint density at radius 1 is 1.25 bits per heavy atom. The van der Waals surface area contributed by atoms with E-state index in [0.29, 0.717) is 29.2 Å². The van der Waals surface area contributed by atoms with E-state index >= 15 is 0 Å². The quantitative estimate of drug-likeness (QED) is 0.207. The fraction of sp³-hybridized carbons (Fsp3) is 0.333. The van der Waals surface area contributed by atoms with E-state index in [2.05, 4.69) is 30.9 Å². The van der Waals surface area contributed by atoms with Gasteiger partial charge >= 0.3 is 0 Å². The lowest BCUT2D eigenvalue weighted by molar-refractivity contribution is 0.380. The van der Waals surface area contributed by atoms with Crippen LogP contribution < -0.4 is 10.6 Å². The molecule has 2 aromatic heterocycles. The Morgan fingerprint density at radius 2 is 2.07 bits per heavy atom. The summed E-state index contributed by atoms with van der Waals surface area (Å²) in [6.45, 7) is 4.73. The molecule has 0 saturated carbocycles. The molecule has 0 unspecified atom stereocenters.